The van der Waals surface area contributed by atoms with E-state index in [9.17, 15) is 4.79 Å². The summed E-state index contributed by atoms with van der Waals surface area (Å²) in [6, 6.07) is 0. The lowest BCUT2D eigenvalue weighted by Crippen LogP contribution is -2.51. The number of nitrogens with zero attached hydrogens (tertiary/aromatic N) is 1. The van der Waals surface area contributed by atoms with E-state index in [0.717, 1.165) is 25.8 Å². The average molecular weight is 225 g/mol. The van der Waals surface area contributed by atoms with E-state index in [1.165, 1.54) is 0 Å². The van der Waals surface area contributed by atoms with Gasteiger partial charge in [-0.2, -0.15) is 0 Å². The van der Waals surface area contributed by atoms with E-state index in [4.69, 9.17) is 9.47 Å². The minimum Gasteiger partial charge on any atom is -0.346 e. The van der Waals surface area contributed by atoms with Gasteiger partial charge in [0, 0.05) is 18.9 Å². The molecule has 2 atom stereocenters. The van der Waals surface area contributed by atoms with Crippen LogP contribution in [0.3, 0.4) is 0 Å². The van der Waals surface area contributed by atoms with E-state index in [2.05, 4.69) is 6.92 Å². The molecule has 2 aliphatic heterocycles. The fraction of sp³-hybridized carbons (Fsp3) is 0.917. The molecule has 0 aromatic heterocycles. The Labute approximate surface area is 95.9 Å². The molecule has 0 radical (unpaired) electrons. The normalized spacial score (nSPS) is 36.7. The van der Waals surface area contributed by atoms with E-state index in [1.54, 1.807) is 0 Å². The van der Waals surface area contributed by atoms with Crippen molar-refractivity contribution in [2.45, 2.75) is 32.0 Å². The Morgan fingerprint density at radius 1 is 1.38 bits per heavy atom. The Kier molecular flexibility index (Phi) is 2.44. The molecule has 2 saturated heterocycles. The molecule has 3 rings (SSSR count). The lowest BCUT2D eigenvalue weighted by atomic mass is 10.0. The highest BCUT2D eigenvalue weighted by atomic mass is 16.7. The van der Waals surface area contributed by atoms with Gasteiger partial charge in [-0.15, -0.1) is 0 Å². The van der Waals surface area contributed by atoms with Gasteiger partial charge in [0.05, 0.1) is 19.8 Å². The smallest absolute Gasteiger partial charge is 0.226 e. The molecule has 3 fully saturated rings. The van der Waals surface area contributed by atoms with Crippen molar-refractivity contribution in [2.75, 3.05) is 26.3 Å². The average Bonchev–Trinajstić information content (AvgIpc) is 2.85. The summed E-state index contributed by atoms with van der Waals surface area (Å²) in [6.45, 7) is 4.99. The SMILES string of the molecule is CC1CC1C(=O)N1CCCC2(C1)OCCO2. The number of carbonyl (C=O) groups is 1. The van der Waals surface area contributed by atoms with Crippen LogP contribution in [0, 0.1) is 11.8 Å². The van der Waals surface area contributed by atoms with Crippen LogP contribution in [-0.2, 0) is 14.3 Å². The molecule has 0 aromatic carbocycles. The van der Waals surface area contributed by atoms with Crippen molar-refractivity contribution in [3.8, 4) is 0 Å². The van der Waals surface area contributed by atoms with Gasteiger partial charge in [-0.05, 0) is 18.8 Å². The van der Waals surface area contributed by atoms with Crippen LogP contribution in [0.1, 0.15) is 26.2 Å². The first-order valence-corrected chi connectivity index (χ1v) is 6.27. The fourth-order valence-electron chi connectivity index (χ4n) is 2.81. The number of amides is 1. The minimum absolute atomic E-state index is 0.275. The summed E-state index contributed by atoms with van der Waals surface area (Å²) in [5.74, 6) is 0.699. The molecule has 2 heterocycles. The molecule has 1 spiro atoms. The number of piperidine rings is 1. The Bertz CT molecular complexity index is 299. The summed E-state index contributed by atoms with van der Waals surface area (Å²) in [5.41, 5.74) is 0. The molecule has 0 aromatic rings. The van der Waals surface area contributed by atoms with E-state index < -0.39 is 5.79 Å². The molecule has 16 heavy (non-hydrogen) atoms. The predicted octanol–water partition coefficient (Wildman–Crippen LogP) is 1.01. The van der Waals surface area contributed by atoms with Gasteiger partial charge in [-0.25, -0.2) is 0 Å². The minimum atomic E-state index is -0.466. The van der Waals surface area contributed by atoms with Crippen LogP contribution < -0.4 is 0 Å². The topological polar surface area (TPSA) is 38.8 Å². The van der Waals surface area contributed by atoms with Gasteiger partial charge in [0.25, 0.3) is 0 Å². The zero-order valence-corrected chi connectivity index (χ0v) is 9.78. The second-order valence-electron chi connectivity index (χ2n) is 5.29. The lowest BCUT2D eigenvalue weighted by molar-refractivity contribution is -0.193. The zero-order chi connectivity index (χ0) is 11.2. The van der Waals surface area contributed by atoms with Crippen LogP contribution in [0.2, 0.25) is 0 Å². The maximum Gasteiger partial charge on any atom is 0.226 e. The Morgan fingerprint density at radius 2 is 2.06 bits per heavy atom. The number of likely N-dealkylation sites (tertiary alicyclic amines) is 1. The van der Waals surface area contributed by atoms with Crippen molar-refractivity contribution in [1.29, 1.82) is 0 Å². The summed E-state index contributed by atoms with van der Waals surface area (Å²) in [6.07, 6.45) is 2.98. The van der Waals surface area contributed by atoms with Gasteiger partial charge in [0.1, 0.15) is 0 Å². The molecule has 4 heteroatoms. The van der Waals surface area contributed by atoms with Crippen molar-refractivity contribution in [1.82, 2.24) is 4.90 Å². The summed E-state index contributed by atoms with van der Waals surface area (Å²) in [5, 5.41) is 0. The van der Waals surface area contributed by atoms with Crippen LogP contribution in [0.4, 0.5) is 0 Å². The summed E-state index contributed by atoms with van der Waals surface area (Å²) in [4.78, 5) is 14.1. The van der Waals surface area contributed by atoms with Crippen molar-refractivity contribution >= 4 is 5.91 Å². The van der Waals surface area contributed by atoms with Crippen LogP contribution in [0.25, 0.3) is 0 Å². The highest BCUT2D eigenvalue weighted by Gasteiger charge is 2.47. The molecule has 4 nitrogen and oxygen atoms in total. The first-order chi connectivity index (χ1) is 7.70. The van der Waals surface area contributed by atoms with E-state index in [0.29, 0.717) is 31.6 Å². The van der Waals surface area contributed by atoms with Gasteiger partial charge in [0.15, 0.2) is 5.79 Å². The first kappa shape index (κ1) is 10.5. The van der Waals surface area contributed by atoms with E-state index in [1.807, 2.05) is 4.90 Å². The Balaban J connectivity index is 1.65. The number of rotatable bonds is 1. The van der Waals surface area contributed by atoms with Gasteiger partial charge < -0.3 is 14.4 Å². The molecule has 3 aliphatic rings. The third kappa shape index (κ3) is 1.74. The highest BCUT2D eigenvalue weighted by Crippen LogP contribution is 2.40. The maximum atomic E-state index is 12.1. The summed E-state index contributed by atoms with van der Waals surface area (Å²) < 4.78 is 11.3. The van der Waals surface area contributed by atoms with Crippen LogP contribution in [0.15, 0.2) is 0 Å². The van der Waals surface area contributed by atoms with Crippen molar-refractivity contribution in [3.05, 3.63) is 0 Å². The third-order valence-electron chi connectivity index (χ3n) is 3.97. The van der Waals surface area contributed by atoms with Crippen molar-refractivity contribution in [2.24, 2.45) is 11.8 Å². The zero-order valence-electron chi connectivity index (χ0n) is 9.78. The number of ether oxygens (including phenoxy) is 2. The molecule has 1 saturated carbocycles. The second-order valence-corrected chi connectivity index (χ2v) is 5.29. The molecule has 90 valence electrons. The Morgan fingerprint density at radius 3 is 2.69 bits per heavy atom. The van der Waals surface area contributed by atoms with Crippen LogP contribution in [0.5, 0.6) is 0 Å². The standard InChI is InChI=1S/C12H19NO3/c1-9-7-10(9)11(14)13-4-2-3-12(8-13)15-5-6-16-12/h9-10H,2-8H2,1H3. The fourth-order valence-corrected chi connectivity index (χ4v) is 2.81. The first-order valence-electron chi connectivity index (χ1n) is 6.27. The molecule has 0 bridgehead atoms. The van der Waals surface area contributed by atoms with Gasteiger partial charge >= 0.3 is 0 Å². The molecular formula is C12H19NO3. The molecule has 1 aliphatic carbocycles. The van der Waals surface area contributed by atoms with Crippen molar-refractivity contribution < 1.29 is 14.3 Å². The van der Waals surface area contributed by atoms with Crippen molar-refractivity contribution in [3.63, 3.8) is 0 Å². The van der Waals surface area contributed by atoms with Crippen LogP contribution >= 0.6 is 0 Å². The molecule has 2 unspecified atom stereocenters. The predicted molar refractivity (Wildman–Crippen MR) is 57.7 cm³/mol. The number of carbonyl (C=O) groups excluding carboxylic acids is 1. The third-order valence-corrected chi connectivity index (χ3v) is 3.97. The second kappa shape index (κ2) is 3.70. The van der Waals surface area contributed by atoms with Gasteiger partial charge in [-0.1, -0.05) is 6.92 Å². The highest BCUT2D eigenvalue weighted by molar-refractivity contribution is 5.81. The molecular weight excluding hydrogens is 206 g/mol. The maximum absolute atomic E-state index is 12.1. The van der Waals surface area contributed by atoms with Gasteiger partial charge in [0.2, 0.25) is 5.91 Å². The van der Waals surface area contributed by atoms with E-state index >= 15 is 0 Å². The summed E-state index contributed by atoms with van der Waals surface area (Å²) >= 11 is 0. The largest absolute Gasteiger partial charge is 0.346 e. The quantitative estimate of drug-likeness (QED) is 0.668. The molecule has 0 N–H and O–H groups in total. The Hall–Kier alpha value is -0.610. The van der Waals surface area contributed by atoms with E-state index in [-0.39, 0.29) is 5.92 Å². The van der Waals surface area contributed by atoms with Gasteiger partial charge in [-0.3, -0.25) is 4.79 Å². The summed E-state index contributed by atoms with van der Waals surface area (Å²) in [7, 11) is 0. The monoisotopic (exact) mass is 225 g/mol. The number of hydrogen-bond acceptors (Lipinski definition) is 3. The lowest BCUT2D eigenvalue weighted by Gasteiger charge is -2.38. The van der Waals surface area contributed by atoms with Crippen LogP contribution in [-0.4, -0.2) is 42.9 Å². The molecule has 1 amide bonds. The number of hydrogen-bond donors (Lipinski definition) is 0.